The Labute approximate surface area is 116 Å². The largest absolute Gasteiger partial charge is 0.370 e. The van der Waals surface area contributed by atoms with Gasteiger partial charge in [0.25, 0.3) is 5.91 Å². The fourth-order valence-electron chi connectivity index (χ4n) is 1.33. The van der Waals surface area contributed by atoms with E-state index < -0.39 is 5.91 Å². The van der Waals surface area contributed by atoms with Gasteiger partial charge in [-0.15, -0.1) is 0 Å². The molecule has 0 aliphatic carbocycles. The van der Waals surface area contributed by atoms with E-state index in [1.807, 2.05) is 0 Å². The molecule has 0 unspecified atom stereocenters. The minimum atomic E-state index is -0.555. The van der Waals surface area contributed by atoms with Gasteiger partial charge >= 0.3 is 0 Å². The molecule has 0 spiro atoms. The fourth-order valence-corrected chi connectivity index (χ4v) is 1.33. The average Bonchev–Trinajstić information content (AvgIpc) is 2.44. The molecule has 1 aromatic rings. The number of nitrogens with two attached hydrogens (primary N) is 2. The molecule has 0 aliphatic rings. The minimum Gasteiger partial charge on any atom is -0.370 e. The van der Waals surface area contributed by atoms with Gasteiger partial charge in [-0.25, -0.2) is 4.98 Å². The van der Waals surface area contributed by atoms with Crippen LogP contribution >= 0.6 is 0 Å². The van der Waals surface area contributed by atoms with Gasteiger partial charge in [0.1, 0.15) is 12.3 Å². The Morgan fingerprint density at radius 1 is 1.45 bits per heavy atom. The number of primary amides is 1. The molecule has 1 rings (SSSR count). The van der Waals surface area contributed by atoms with E-state index in [1.165, 1.54) is 6.20 Å². The summed E-state index contributed by atoms with van der Waals surface area (Å²) in [6.45, 7) is 0.460. The molecular weight excluding hydrogens is 260 g/mol. The molecule has 20 heavy (non-hydrogen) atoms. The second-order valence-electron chi connectivity index (χ2n) is 3.68. The molecule has 0 atom stereocenters. The molecule has 0 radical (unpaired) electrons. The molecule has 0 aliphatic heterocycles. The lowest BCUT2D eigenvalue weighted by atomic mass is 10.2. The molecule has 7 heteroatoms. The van der Waals surface area contributed by atoms with Crippen LogP contribution in [-0.2, 0) is 9.53 Å². The predicted octanol–water partition coefficient (Wildman–Crippen LogP) is -1.38. The first-order valence-corrected chi connectivity index (χ1v) is 5.93. The van der Waals surface area contributed by atoms with Crippen molar-refractivity contribution in [2.45, 2.75) is 0 Å². The van der Waals surface area contributed by atoms with Crippen molar-refractivity contribution in [3.63, 3.8) is 0 Å². The molecule has 2 amide bonds. The van der Waals surface area contributed by atoms with Crippen molar-refractivity contribution in [2.24, 2.45) is 11.5 Å². The highest BCUT2D eigenvalue weighted by molar-refractivity contribution is 5.94. The quantitative estimate of drug-likeness (QED) is 0.437. The lowest BCUT2D eigenvalue weighted by Gasteiger charge is -2.06. The van der Waals surface area contributed by atoms with Crippen molar-refractivity contribution in [3.05, 3.63) is 29.6 Å². The highest BCUT2D eigenvalue weighted by atomic mass is 16.5. The van der Waals surface area contributed by atoms with Gasteiger partial charge in [0, 0.05) is 12.7 Å². The topological polar surface area (TPSA) is 120 Å². The predicted molar refractivity (Wildman–Crippen MR) is 72.5 cm³/mol. The van der Waals surface area contributed by atoms with Gasteiger partial charge in [0.15, 0.2) is 0 Å². The third-order valence-corrected chi connectivity index (χ3v) is 2.12. The van der Waals surface area contributed by atoms with E-state index in [0.29, 0.717) is 5.56 Å². The van der Waals surface area contributed by atoms with Gasteiger partial charge in [-0.1, -0.05) is 11.8 Å². The first-order valence-electron chi connectivity index (χ1n) is 5.93. The van der Waals surface area contributed by atoms with E-state index in [1.54, 1.807) is 12.1 Å². The first-order chi connectivity index (χ1) is 9.65. The van der Waals surface area contributed by atoms with Crippen LogP contribution in [0.4, 0.5) is 0 Å². The molecule has 106 valence electrons. The summed E-state index contributed by atoms with van der Waals surface area (Å²) in [7, 11) is 0. The zero-order valence-corrected chi connectivity index (χ0v) is 10.9. The third-order valence-electron chi connectivity index (χ3n) is 2.12. The number of rotatable bonds is 6. The normalized spacial score (nSPS) is 9.45. The van der Waals surface area contributed by atoms with Crippen molar-refractivity contribution < 1.29 is 14.3 Å². The molecule has 5 N–H and O–H groups in total. The summed E-state index contributed by atoms with van der Waals surface area (Å²) in [5, 5.41) is 2.61. The van der Waals surface area contributed by atoms with Crippen molar-refractivity contribution >= 4 is 11.8 Å². The Kier molecular flexibility index (Phi) is 6.75. The van der Waals surface area contributed by atoms with Crippen molar-refractivity contribution in [1.82, 2.24) is 10.3 Å². The van der Waals surface area contributed by atoms with Crippen LogP contribution in [0.5, 0.6) is 0 Å². The smallest absolute Gasteiger partial charge is 0.271 e. The number of carbonyl (C=O) groups is 2. The van der Waals surface area contributed by atoms with Gasteiger partial charge < -0.3 is 21.5 Å². The van der Waals surface area contributed by atoms with Gasteiger partial charge in [-0.2, -0.15) is 0 Å². The maximum atomic E-state index is 11.9. The lowest BCUT2D eigenvalue weighted by Crippen LogP contribution is -2.30. The lowest BCUT2D eigenvalue weighted by molar-refractivity contribution is -0.122. The van der Waals surface area contributed by atoms with Gasteiger partial charge in [0.2, 0.25) is 5.91 Å². The van der Waals surface area contributed by atoms with Crippen LogP contribution < -0.4 is 16.8 Å². The Hall–Kier alpha value is -2.43. The van der Waals surface area contributed by atoms with Crippen molar-refractivity contribution in [2.75, 3.05) is 26.3 Å². The summed E-state index contributed by atoms with van der Waals surface area (Å²) < 4.78 is 4.92. The van der Waals surface area contributed by atoms with Crippen LogP contribution in [0.1, 0.15) is 16.1 Å². The summed E-state index contributed by atoms with van der Waals surface area (Å²) in [5.74, 6) is 4.53. The van der Waals surface area contributed by atoms with E-state index in [9.17, 15) is 9.59 Å². The van der Waals surface area contributed by atoms with Gasteiger partial charge in [0.05, 0.1) is 18.7 Å². The van der Waals surface area contributed by atoms with Crippen molar-refractivity contribution in [3.8, 4) is 11.8 Å². The van der Waals surface area contributed by atoms with E-state index in [-0.39, 0.29) is 37.9 Å². The standard InChI is InChI=1S/C13H16N4O3/c14-5-1-3-10-4-2-6-16-12(10)13(19)17-7-8-20-9-11(15)18/h2,4,6H,5,7-9,14H2,(H2,15,18)(H,17,19). The highest BCUT2D eigenvalue weighted by Crippen LogP contribution is 2.03. The van der Waals surface area contributed by atoms with Crippen LogP contribution in [0.25, 0.3) is 0 Å². The van der Waals surface area contributed by atoms with Crippen molar-refractivity contribution in [1.29, 1.82) is 0 Å². The Morgan fingerprint density at radius 2 is 2.25 bits per heavy atom. The molecule has 1 aromatic heterocycles. The summed E-state index contributed by atoms with van der Waals surface area (Å²) in [5.41, 5.74) is 10.9. The molecule has 0 aromatic carbocycles. The zero-order chi connectivity index (χ0) is 14.8. The van der Waals surface area contributed by atoms with E-state index in [0.717, 1.165) is 0 Å². The number of nitrogens with zero attached hydrogens (tertiary/aromatic N) is 1. The zero-order valence-electron chi connectivity index (χ0n) is 10.9. The number of pyridine rings is 1. The number of aromatic nitrogens is 1. The molecule has 1 heterocycles. The summed E-state index contributed by atoms with van der Waals surface area (Å²) in [4.78, 5) is 26.3. The number of hydrogen-bond acceptors (Lipinski definition) is 5. The van der Waals surface area contributed by atoms with Crippen LogP contribution in [0, 0.1) is 11.8 Å². The van der Waals surface area contributed by atoms with Crippen LogP contribution in [0.15, 0.2) is 18.3 Å². The average molecular weight is 276 g/mol. The van der Waals surface area contributed by atoms with Gasteiger partial charge in [-0.3, -0.25) is 9.59 Å². The van der Waals surface area contributed by atoms with Crippen LogP contribution in [-0.4, -0.2) is 43.1 Å². The number of nitrogens with one attached hydrogen (secondary N) is 1. The second-order valence-corrected chi connectivity index (χ2v) is 3.68. The summed E-state index contributed by atoms with van der Waals surface area (Å²) in [6.07, 6.45) is 1.51. The van der Waals surface area contributed by atoms with Gasteiger partial charge in [-0.05, 0) is 12.1 Å². The number of hydrogen-bond donors (Lipinski definition) is 3. The maximum absolute atomic E-state index is 11.9. The molecule has 0 bridgehead atoms. The number of ether oxygens (including phenoxy) is 1. The molecule has 0 fully saturated rings. The first kappa shape index (κ1) is 15.6. The Bertz CT molecular complexity index is 534. The maximum Gasteiger partial charge on any atom is 0.271 e. The number of carbonyl (C=O) groups excluding carboxylic acids is 2. The second kappa shape index (κ2) is 8.63. The third kappa shape index (κ3) is 5.48. The fraction of sp³-hybridized carbons (Fsp3) is 0.308. The van der Waals surface area contributed by atoms with E-state index >= 15 is 0 Å². The van der Waals surface area contributed by atoms with Crippen LogP contribution in [0.3, 0.4) is 0 Å². The SMILES string of the molecule is NCC#Cc1cccnc1C(=O)NCCOCC(N)=O. The van der Waals surface area contributed by atoms with E-state index in [4.69, 9.17) is 16.2 Å². The minimum absolute atomic E-state index is 0.174. The summed E-state index contributed by atoms with van der Waals surface area (Å²) >= 11 is 0. The molecular formula is C13H16N4O3. The number of amides is 2. The molecule has 0 saturated carbocycles. The highest BCUT2D eigenvalue weighted by Gasteiger charge is 2.10. The van der Waals surface area contributed by atoms with Crippen LogP contribution in [0.2, 0.25) is 0 Å². The Balaban J connectivity index is 2.53. The molecule has 0 saturated heterocycles. The summed E-state index contributed by atoms with van der Waals surface area (Å²) in [6, 6.07) is 3.38. The molecule has 7 nitrogen and oxygen atoms in total. The van der Waals surface area contributed by atoms with E-state index in [2.05, 4.69) is 22.1 Å². The Morgan fingerprint density at radius 3 is 2.95 bits per heavy atom. The monoisotopic (exact) mass is 276 g/mol.